The van der Waals surface area contributed by atoms with E-state index < -0.39 is 10.8 Å². The number of methoxy groups -OCH3 is 1. The number of hydrogen-bond acceptors (Lipinski definition) is 5. The number of carbonyl (C=O) groups excluding carboxylic acids is 1. The van der Waals surface area contributed by atoms with Crippen LogP contribution in [0.15, 0.2) is 36.5 Å². The van der Waals surface area contributed by atoms with Gasteiger partial charge < -0.3 is 10.1 Å². The summed E-state index contributed by atoms with van der Waals surface area (Å²) >= 11 is 0. The maximum absolute atomic E-state index is 12.1. The summed E-state index contributed by atoms with van der Waals surface area (Å²) in [4.78, 5) is 26.4. The summed E-state index contributed by atoms with van der Waals surface area (Å²) < 4.78 is 4.93. The number of aromatic nitrogens is 1. The molecule has 21 heavy (non-hydrogen) atoms. The number of ether oxygens (including phenoxy) is 1. The van der Waals surface area contributed by atoms with Gasteiger partial charge in [-0.25, -0.2) is 4.98 Å². The van der Waals surface area contributed by atoms with Gasteiger partial charge in [0.05, 0.1) is 12.0 Å². The molecule has 1 heterocycles. The van der Waals surface area contributed by atoms with E-state index in [0.29, 0.717) is 5.82 Å². The second-order valence-electron chi connectivity index (χ2n) is 4.27. The highest BCUT2D eigenvalue weighted by molar-refractivity contribution is 6.04. The van der Waals surface area contributed by atoms with Crippen LogP contribution in [0.1, 0.15) is 15.9 Å². The third-order valence-corrected chi connectivity index (χ3v) is 2.88. The van der Waals surface area contributed by atoms with Gasteiger partial charge >= 0.3 is 5.69 Å². The Morgan fingerprint density at radius 3 is 2.76 bits per heavy atom. The molecule has 0 atom stereocenters. The third-order valence-electron chi connectivity index (χ3n) is 2.88. The number of anilines is 1. The van der Waals surface area contributed by atoms with Crippen molar-refractivity contribution in [2.45, 2.75) is 6.92 Å². The Labute approximate surface area is 120 Å². The lowest BCUT2D eigenvalue weighted by atomic mass is 10.1. The fourth-order valence-electron chi connectivity index (χ4n) is 1.77. The van der Waals surface area contributed by atoms with Crippen LogP contribution in [0.25, 0.3) is 0 Å². The maximum Gasteiger partial charge on any atom is 0.310 e. The Morgan fingerprint density at radius 1 is 1.38 bits per heavy atom. The van der Waals surface area contributed by atoms with Gasteiger partial charge in [-0.15, -0.1) is 0 Å². The highest BCUT2D eigenvalue weighted by Crippen LogP contribution is 2.27. The minimum atomic E-state index is -0.566. The molecule has 1 amide bonds. The number of nitrogens with zero attached hydrogens (tertiary/aromatic N) is 2. The van der Waals surface area contributed by atoms with Crippen molar-refractivity contribution in [3.63, 3.8) is 0 Å². The normalized spacial score (nSPS) is 10.0. The number of nitro benzene ring substituents is 1. The molecule has 7 nitrogen and oxygen atoms in total. The first-order valence-corrected chi connectivity index (χ1v) is 6.08. The molecule has 0 aliphatic rings. The van der Waals surface area contributed by atoms with E-state index in [-0.39, 0.29) is 17.0 Å². The minimum absolute atomic E-state index is 0.0328. The van der Waals surface area contributed by atoms with E-state index in [1.807, 2.05) is 13.0 Å². The third kappa shape index (κ3) is 3.14. The number of nitrogens with one attached hydrogen (secondary N) is 1. The largest absolute Gasteiger partial charge is 0.490 e. The van der Waals surface area contributed by atoms with Crippen LogP contribution >= 0.6 is 0 Å². The molecule has 0 unspecified atom stereocenters. The Morgan fingerprint density at radius 2 is 2.14 bits per heavy atom. The first kappa shape index (κ1) is 14.4. The van der Waals surface area contributed by atoms with E-state index in [1.165, 1.54) is 25.3 Å². The Bertz CT molecular complexity index is 700. The highest BCUT2D eigenvalue weighted by atomic mass is 16.6. The lowest BCUT2D eigenvalue weighted by Gasteiger charge is -2.08. The van der Waals surface area contributed by atoms with E-state index in [1.54, 1.807) is 12.3 Å². The Hall–Kier alpha value is -2.96. The second kappa shape index (κ2) is 6.00. The van der Waals surface area contributed by atoms with Crippen LogP contribution in [0.5, 0.6) is 5.75 Å². The average Bonchev–Trinajstić information content (AvgIpc) is 2.48. The van der Waals surface area contributed by atoms with E-state index in [0.717, 1.165) is 5.56 Å². The molecule has 7 heteroatoms. The molecule has 0 fully saturated rings. The number of rotatable bonds is 4. The molecule has 1 aromatic carbocycles. The Balaban J connectivity index is 2.28. The standard InChI is InChI=1S/C14H13N3O4/c1-9-4-3-7-15-13(9)16-14(18)10-5-6-11(17(19)20)12(8-10)21-2/h3-8H,1-2H3,(H,15,16,18). The molecule has 1 N–H and O–H groups in total. The number of nitro groups is 1. The summed E-state index contributed by atoms with van der Waals surface area (Å²) in [7, 11) is 1.31. The molecule has 0 aliphatic heterocycles. The molecule has 2 aromatic rings. The van der Waals surface area contributed by atoms with Crippen molar-refractivity contribution in [3.05, 3.63) is 57.8 Å². The number of amides is 1. The molecule has 0 bridgehead atoms. The average molecular weight is 287 g/mol. The van der Waals surface area contributed by atoms with Gasteiger partial charge in [-0.05, 0) is 24.6 Å². The topological polar surface area (TPSA) is 94.4 Å². The van der Waals surface area contributed by atoms with Crippen molar-refractivity contribution >= 4 is 17.4 Å². The van der Waals surface area contributed by atoms with Crippen molar-refractivity contribution in [3.8, 4) is 5.75 Å². The van der Waals surface area contributed by atoms with Crippen LogP contribution in [-0.2, 0) is 0 Å². The van der Waals surface area contributed by atoms with Gasteiger partial charge in [0.15, 0.2) is 5.75 Å². The van der Waals surface area contributed by atoms with E-state index in [9.17, 15) is 14.9 Å². The van der Waals surface area contributed by atoms with Gasteiger partial charge in [-0.2, -0.15) is 0 Å². The molecule has 0 saturated carbocycles. The molecule has 108 valence electrons. The number of aryl methyl sites for hydroxylation is 1. The highest BCUT2D eigenvalue weighted by Gasteiger charge is 2.17. The monoisotopic (exact) mass is 287 g/mol. The van der Waals surface area contributed by atoms with Crippen molar-refractivity contribution in [2.75, 3.05) is 12.4 Å². The molecule has 0 saturated heterocycles. The van der Waals surface area contributed by atoms with Crippen molar-refractivity contribution < 1.29 is 14.5 Å². The fraction of sp³-hybridized carbons (Fsp3) is 0.143. The summed E-state index contributed by atoms with van der Waals surface area (Å²) in [5.74, 6) is 0.0650. The molecule has 2 rings (SSSR count). The quantitative estimate of drug-likeness (QED) is 0.688. The SMILES string of the molecule is COc1cc(C(=O)Nc2ncccc2C)ccc1[N+](=O)[O-]. The van der Waals surface area contributed by atoms with Crippen molar-refractivity contribution in [1.29, 1.82) is 0 Å². The smallest absolute Gasteiger partial charge is 0.310 e. The van der Waals surface area contributed by atoms with Gasteiger partial charge in [-0.3, -0.25) is 14.9 Å². The zero-order valence-electron chi connectivity index (χ0n) is 11.5. The fourth-order valence-corrected chi connectivity index (χ4v) is 1.77. The van der Waals surface area contributed by atoms with Gasteiger partial charge in [0.25, 0.3) is 5.91 Å². The number of pyridine rings is 1. The summed E-state index contributed by atoms with van der Waals surface area (Å²) in [6.07, 6.45) is 1.57. The minimum Gasteiger partial charge on any atom is -0.490 e. The number of benzene rings is 1. The Kier molecular flexibility index (Phi) is 4.13. The second-order valence-corrected chi connectivity index (χ2v) is 4.27. The molecular formula is C14H13N3O4. The van der Waals surface area contributed by atoms with Crippen LogP contribution in [0.4, 0.5) is 11.5 Å². The summed E-state index contributed by atoms with van der Waals surface area (Å²) in [6.45, 7) is 1.82. The van der Waals surface area contributed by atoms with Gasteiger partial charge in [-0.1, -0.05) is 6.07 Å². The zero-order valence-corrected chi connectivity index (χ0v) is 11.5. The van der Waals surface area contributed by atoms with E-state index in [2.05, 4.69) is 10.3 Å². The summed E-state index contributed by atoms with van der Waals surface area (Å²) in [5, 5.41) is 13.5. The van der Waals surface area contributed by atoms with Crippen LogP contribution < -0.4 is 10.1 Å². The maximum atomic E-state index is 12.1. The molecule has 0 aliphatic carbocycles. The first-order valence-electron chi connectivity index (χ1n) is 6.08. The molecule has 0 radical (unpaired) electrons. The van der Waals surface area contributed by atoms with Gasteiger partial charge in [0, 0.05) is 23.9 Å². The number of hydrogen-bond donors (Lipinski definition) is 1. The zero-order chi connectivity index (χ0) is 15.4. The van der Waals surface area contributed by atoms with E-state index >= 15 is 0 Å². The van der Waals surface area contributed by atoms with Crippen LogP contribution in [0, 0.1) is 17.0 Å². The van der Waals surface area contributed by atoms with Crippen LogP contribution in [0.2, 0.25) is 0 Å². The van der Waals surface area contributed by atoms with Gasteiger partial charge in [0.2, 0.25) is 0 Å². The lowest BCUT2D eigenvalue weighted by Crippen LogP contribution is -2.14. The molecular weight excluding hydrogens is 274 g/mol. The van der Waals surface area contributed by atoms with Gasteiger partial charge in [0.1, 0.15) is 5.82 Å². The van der Waals surface area contributed by atoms with Crippen LogP contribution in [0.3, 0.4) is 0 Å². The van der Waals surface area contributed by atoms with E-state index in [4.69, 9.17) is 4.74 Å². The van der Waals surface area contributed by atoms with Crippen molar-refractivity contribution in [2.24, 2.45) is 0 Å². The lowest BCUT2D eigenvalue weighted by molar-refractivity contribution is -0.385. The first-order chi connectivity index (χ1) is 10.0. The van der Waals surface area contributed by atoms with Crippen LogP contribution in [-0.4, -0.2) is 22.9 Å². The van der Waals surface area contributed by atoms with Crippen molar-refractivity contribution in [1.82, 2.24) is 4.98 Å². The summed E-state index contributed by atoms with van der Waals surface area (Å²) in [6, 6.07) is 7.51. The molecule has 1 aromatic heterocycles. The predicted molar refractivity (Wildman–Crippen MR) is 76.6 cm³/mol. The summed E-state index contributed by atoms with van der Waals surface area (Å²) in [5.41, 5.74) is 0.880. The molecule has 0 spiro atoms. The predicted octanol–water partition coefficient (Wildman–Crippen LogP) is 2.56. The number of carbonyl (C=O) groups is 1.